The standard InChI is InChI=1S/C16H22N6O/c1-4-17-12-18-16(1)19-13-2-5-21(6-3-13)10-14-9-15-11-23-8-7-22(15)20-14/h1,4,9,12-13H,2-3,5-8,10-11H2,(H,17,18,19). The molecule has 0 amide bonds. The van der Waals surface area contributed by atoms with Crippen LogP contribution in [0.15, 0.2) is 24.7 Å². The first-order valence-corrected chi connectivity index (χ1v) is 8.25. The predicted octanol–water partition coefficient (Wildman–Crippen LogP) is 1.28. The minimum atomic E-state index is 0.491. The summed E-state index contributed by atoms with van der Waals surface area (Å²) in [7, 11) is 0. The van der Waals surface area contributed by atoms with Gasteiger partial charge in [-0.2, -0.15) is 5.10 Å². The topological polar surface area (TPSA) is 68.1 Å². The monoisotopic (exact) mass is 314 g/mol. The van der Waals surface area contributed by atoms with Crippen LogP contribution in [0.2, 0.25) is 0 Å². The van der Waals surface area contributed by atoms with E-state index < -0.39 is 0 Å². The maximum absolute atomic E-state index is 5.48. The van der Waals surface area contributed by atoms with E-state index in [1.54, 1.807) is 12.5 Å². The van der Waals surface area contributed by atoms with E-state index in [2.05, 4.69) is 30.9 Å². The van der Waals surface area contributed by atoms with Gasteiger partial charge in [-0.05, 0) is 25.0 Å². The van der Waals surface area contributed by atoms with Crippen molar-refractivity contribution in [3.8, 4) is 0 Å². The van der Waals surface area contributed by atoms with Crippen LogP contribution in [0.1, 0.15) is 24.2 Å². The van der Waals surface area contributed by atoms with Crippen LogP contribution in [0.5, 0.6) is 0 Å². The molecular formula is C16H22N6O. The van der Waals surface area contributed by atoms with Gasteiger partial charge in [-0.3, -0.25) is 9.58 Å². The molecule has 1 fully saturated rings. The molecule has 2 aromatic heterocycles. The molecule has 4 heterocycles. The molecule has 2 aliphatic heterocycles. The average molecular weight is 314 g/mol. The molecule has 7 nitrogen and oxygen atoms in total. The summed E-state index contributed by atoms with van der Waals surface area (Å²) >= 11 is 0. The maximum Gasteiger partial charge on any atom is 0.129 e. The highest BCUT2D eigenvalue weighted by Gasteiger charge is 2.21. The molecule has 0 aliphatic carbocycles. The van der Waals surface area contributed by atoms with Gasteiger partial charge in [0.2, 0.25) is 0 Å². The van der Waals surface area contributed by atoms with E-state index in [9.17, 15) is 0 Å². The predicted molar refractivity (Wildman–Crippen MR) is 85.8 cm³/mol. The van der Waals surface area contributed by atoms with Crippen molar-refractivity contribution in [2.45, 2.75) is 38.6 Å². The third kappa shape index (κ3) is 3.51. The van der Waals surface area contributed by atoms with Gasteiger partial charge >= 0.3 is 0 Å². The number of rotatable bonds is 4. The first-order valence-electron chi connectivity index (χ1n) is 8.25. The Kier molecular flexibility index (Phi) is 4.21. The fourth-order valence-electron chi connectivity index (χ4n) is 3.28. The Bertz CT molecular complexity index is 612. The molecule has 0 aromatic carbocycles. The van der Waals surface area contributed by atoms with Crippen molar-refractivity contribution >= 4 is 5.82 Å². The molecule has 1 N–H and O–H groups in total. The number of fused-ring (bicyclic) bond motifs is 1. The van der Waals surface area contributed by atoms with Gasteiger partial charge in [-0.1, -0.05) is 0 Å². The van der Waals surface area contributed by atoms with Crippen molar-refractivity contribution in [3.63, 3.8) is 0 Å². The summed E-state index contributed by atoms with van der Waals surface area (Å²) < 4.78 is 7.56. The number of hydrogen-bond donors (Lipinski definition) is 1. The van der Waals surface area contributed by atoms with Gasteiger partial charge < -0.3 is 10.1 Å². The molecule has 1 saturated heterocycles. The summed E-state index contributed by atoms with van der Waals surface area (Å²) in [5.74, 6) is 0.917. The molecule has 4 rings (SSSR count). The first kappa shape index (κ1) is 14.6. The van der Waals surface area contributed by atoms with Gasteiger partial charge in [-0.15, -0.1) is 0 Å². The van der Waals surface area contributed by atoms with E-state index in [-0.39, 0.29) is 0 Å². The largest absolute Gasteiger partial charge is 0.373 e. The van der Waals surface area contributed by atoms with Gasteiger partial charge in [0, 0.05) is 31.9 Å². The quantitative estimate of drug-likeness (QED) is 0.917. The van der Waals surface area contributed by atoms with Crippen molar-refractivity contribution in [3.05, 3.63) is 36.0 Å². The SMILES string of the molecule is c1cc(NC2CCN(Cc3cc4n(n3)CCOC4)CC2)ncn1. The van der Waals surface area contributed by atoms with Gasteiger partial charge in [-0.25, -0.2) is 9.97 Å². The lowest BCUT2D eigenvalue weighted by Gasteiger charge is -2.32. The van der Waals surface area contributed by atoms with Crippen LogP contribution < -0.4 is 5.32 Å². The molecule has 0 saturated carbocycles. The molecule has 0 radical (unpaired) electrons. The van der Waals surface area contributed by atoms with Crippen LogP contribution in [-0.2, 0) is 24.4 Å². The van der Waals surface area contributed by atoms with Crippen LogP contribution in [-0.4, -0.2) is 50.4 Å². The number of hydrogen-bond acceptors (Lipinski definition) is 6. The first-order chi connectivity index (χ1) is 11.4. The molecular weight excluding hydrogens is 292 g/mol. The van der Waals surface area contributed by atoms with Crippen molar-refractivity contribution in [2.24, 2.45) is 0 Å². The lowest BCUT2D eigenvalue weighted by molar-refractivity contribution is 0.0799. The normalized spacial score (nSPS) is 19.5. The van der Waals surface area contributed by atoms with Crippen LogP contribution >= 0.6 is 0 Å². The van der Waals surface area contributed by atoms with E-state index >= 15 is 0 Å². The lowest BCUT2D eigenvalue weighted by atomic mass is 10.0. The lowest BCUT2D eigenvalue weighted by Crippen LogP contribution is -2.38. The van der Waals surface area contributed by atoms with Crippen molar-refractivity contribution in [2.75, 3.05) is 25.0 Å². The second-order valence-corrected chi connectivity index (χ2v) is 6.19. The van der Waals surface area contributed by atoms with Gasteiger partial charge in [0.05, 0.1) is 31.1 Å². The van der Waals surface area contributed by atoms with E-state index in [1.165, 1.54) is 5.69 Å². The Morgan fingerprint density at radius 1 is 1.26 bits per heavy atom. The highest BCUT2D eigenvalue weighted by Crippen LogP contribution is 2.18. The average Bonchev–Trinajstić information content (AvgIpc) is 3.00. The Labute approximate surface area is 135 Å². The molecule has 0 unspecified atom stereocenters. The summed E-state index contributed by atoms with van der Waals surface area (Å²) in [5, 5.41) is 8.19. The molecule has 0 spiro atoms. The molecule has 7 heteroatoms. The van der Waals surface area contributed by atoms with Crippen molar-refractivity contribution < 1.29 is 4.74 Å². The third-order valence-corrected chi connectivity index (χ3v) is 4.52. The zero-order valence-electron chi connectivity index (χ0n) is 13.2. The second-order valence-electron chi connectivity index (χ2n) is 6.19. The highest BCUT2D eigenvalue weighted by molar-refractivity contribution is 5.33. The minimum Gasteiger partial charge on any atom is -0.373 e. The fourth-order valence-corrected chi connectivity index (χ4v) is 3.28. The summed E-state index contributed by atoms with van der Waals surface area (Å²) in [6, 6.07) is 4.60. The van der Waals surface area contributed by atoms with Crippen LogP contribution in [0, 0.1) is 0 Å². The van der Waals surface area contributed by atoms with E-state index in [4.69, 9.17) is 9.84 Å². The van der Waals surface area contributed by atoms with Crippen LogP contribution in [0.25, 0.3) is 0 Å². The summed E-state index contributed by atoms with van der Waals surface area (Å²) in [6.07, 6.45) is 5.61. The minimum absolute atomic E-state index is 0.491. The molecule has 23 heavy (non-hydrogen) atoms. The molecule has 0 atom stereocenters. The third-order valence-electron chi connectivity index (χ3n) is 4.52. The number of ether oxygens (including phenoxy) is 1. The van der Waals surface area contributed by atoms with Crippen molar-refractivity contribution in [1.82, 2.24) is 24.6 Å². The molecule has 0 bridgehead atoms. The number of likely N-dealkylation sites (tertiary alicyclic amines) is 1. The Balaban J connectivity index is 1.29. The van der Waals surface area contributed by atoms with E-state index in [0.717, 1.165) is 57.1 Å². The molecule has 2 aromatic rings. The second kappa shape index (κ2) is 6.64. The summed E-state index contributed by atoms with van der Waals surface area (Å²) in [4.78, 5) is 10.7. The number of nitrogens with zero attached hydrogens (tertiary/aromatic N) is 5. The summed E-state index contributed by atoms with van der Waals surface area (Å²) in [5.41, 5.74) is 2.36. The Hall–Kier alpha value is -1.99. The molecule has 122 valence electrons. The number of piperidine rings is 1. The van der Waals surface area contributed by atoms with Crippen LogP contribution in [0.4, 0.5) is 5.82 Å². The zero-order valence-corrected chi connectivity index (χ0v) is 13.2. The fraction of sp³-hybridized carbons (Fsp3) is 0.562. The smallest absolute Gasteiger partial charge is 0.129 e. The van der Waals surface area contributed by atoms with Gasteiger partial charge in [0.15, 0.2) is 0 Å². The molecule has 2 aliphatic rings. The van der Waals surface area contributed by atoms with Gasteiger partial charge in [0.25, 0.3) is 0 Å². The number of anilines is 1. The number of aromatic nitrogens is 4. The zero-order chi connectivity index (χ0) is 15.5. The highest BCUT2D eigenvalue weighted by atomic mass is 16.5. The number of nitrogens with one attached hydrogen (secondary N) is 1. The Morgan fingerprint density at radius 3 is 2.96 bits per heavy atom. The van der Waals surface area contributed by atoms with Crippen molar-refractivity contribution in [1.29, 1.82) is 0 Å². The maximum atomic E-state index is 5.48. The van der Waals surface area contributed by atoms with E-state index in [0.29, 0.717) is 12.6 Å². The summed E-state index contributed by atoms with van der Waals surface area (Å²) in [6.45, 7) is 5.44. The van der Waals surface area contributed by atoms with Crippen LogP contribution in [0.3, 0.4) is 0 Å². The Morgan fingerprint density at radius 2 is 2.17 bits per heavy atom. The van der Waals surface area contributed by atoms with Gasteiger partial charge in [0.1, 0.15) is 12.1 Å². The van der Waals surface area contributed by atoms with E-state index in [1.807, 2.05) is 6.07 Å².